The molecule has 0 aliphatic heterocycles. The lowest BCUT2D eigenvalue weighted by Gasteiger charge is -2.31. The molecule has 0 bridgehead atoms. The van der Waals surface area contributed by atoms with Crippen LogP contribution < -0.4 is 55.3 Å². The number of carbonyl (C=O) groups excluding carboxylic acids is 2. The number of carbonyl (C=O) groups is 2. The van der Waals surface area contributed by atoms with E-state index >= 15 is 0 Å². The Morgan fingerprint density at radius 1 is 0.458 bits per heavy atom. The third kappa shape index (κ3) is 26.6. The van der Waals surface area contributed by atoms with E-state index in [9.17, 15) is 24.2 Å². The summed E-state index contributed by atoms with van der Waals surface area (Å²) in [5.41, 5.74) is 36.9. The van der Waals surface area contributed by atoms with Crippen LogP contribution in [-0.2, 0) is 9.59 Å². The van der Waals surface area contributed by atoms with Crippen molar-refractivity contribution in [3.8, 4) is 5.75 Å². The average Bonchev–Trinajstić information content (AvgIpc) is 0.815. The second-order valence-electron chi connectivity index (χ2n) is 27.6. The monoisotopic (exact) mass is 1490 g/mol. The highest BCUT2D eigenvalue weighted by molar-refractivity contribution is 6.31. The van der Waals surface area contributed by atoms with E-state index in [0.29, 0.717) is 114 Å². The molecule has 0 aromatic carbocycles. The van der Waals surface area contributed by atoms with Crippen molar-refractivity contribution < 1.29 is 24.2 Å². The Balaban J connectivity index is 0.000000210. The second-order valence-corrected chi connectivity index (χ2v) is 28.1. The van der Waals surface area contributed by atoms with Gasteiger partial charge < -0.3 is 75.1 Å². The lowest BCUT2D eigenvalue weighted by Crippen LogP contribution is -2.36. The van der Waals surface area contributed by atoms with E-state index in [-0.39, 0.29) is 76.6 Å². The number of fused-ring (bicyclic) bond motifs is 5. The van der Waals surface area contributed by atoms with E-state index in [1.807, 2.05) is 26.0 Å². The van der Waals surface area contributed by atoms with Crippen LogP contribution in [0.25, 0.3) is 55.2 Å². The summed E-state index contributed by atoms with van der Waals surface area (Å²) in [6.07, 6.45) is 24.6. The molecule has 10 aromatic rings. The van der Waals surface area contributed by atoms with Crippen LogP contribution in [0.2, 0.25) is 5.02 Å². The van der Waals surface area contributed by atoms with Gasteiger partial charge >= 0.3 is 0 Å². The number of aliphatic hydroxyl groups excluding tert-OH is 1. The molecule has 10 aromatic heterocycles. The van der Waals surface area contributed by atoms with E-state index in [0.717, 1.165) is 126 Å². The van der Waals surface area contributed by atoms with Gasteiger partial charge in [0.2, 0.25) is 29.7 Å². The van der Waals surface area contributed by atoms with Gasteiger partial charge in [-0.2, -0.15) is 24.9 Å². The number of nitrogen functional groups attached to an aromatic ring is 5. The van der Waals surface area contributed by atoms with Crippen LogP contribution in [0.4, 0.5) is 63.2 Å². The summed E-state index contributed by atoms with van der Waals surface area (Å²) in [6.45, 7) is 28.0. The number of aromatic nitrogens is 15. The number of aliphatic hydroxyl groups is 1. The summed E-state index contributed by atoms with van der Waals surface area (Å²) in [6, 6.07) is 9.05. The summed E-state index contributed by atoms with van der Waals surface area (Å²) in [5, 5.41) is 36.2. The number of anilines is 10. The number of hydrogen-bond acceptors (Lipinski definition) is 29. The molecule has 5 atom stereocenters. The van der Waals surface area contributed by atoms with E-state index in [4.69, 9.17) is 40.3 Å². The molecule has 578 valence electrons. The molecular formula is C76H111ClFN25O4. The van der Waals surface area contributed by atoms with Crippen LogP contribution in [0.3, 0.4) is 0 Å². The molecule has 107 heavy (non-hydrogen) atoms. The fraction of sp³-hybridized carbons (Fsp3) is 0.513. The Morgan fingerprint density at radius 3 is 1.24 bits per heavy atom. The highest BCUT2D eigenvalue weighted by atomic mass is 35.5. The number of halogens is 2. The van der Waals surface area contributed by atoms with E-state index in [1.165, 1.54) is 12.3 Å². The van der Waals surface area contributed by atoms with Crippen LogP contribution >= 0.6 is 11.6 Å². The van der Waals surface area contributed by atoms with Gasteiger partial charge in [0.05, 0.1) is 51.6 Å². The molecule has 31 heteroatoms. The first kappa shape index (κ1) is 85.7. The highest BCUT2D eigenvalue weighted by Gasteiger charge is 2.28. The number of aromatic hydroxyl groups is 1. The molecule has 0 aliphatic carbocycles. The Hall–Kier alpha value is -10.2. The number of aryl methyl sites for hydroxylation is 3. The number of hydrogen-bond donors (Lipinski definition) is 12. The molecule has 10 rings (SSSR count). The first-order valence-corrected chi connectivity index (χ1v) is 37.4. The molecule has 17 N–H and O–H groups in total. The number of nitrogens with one attached hydrogen (secondary N) is 5. The van der Waals surface area contributed by atoms with Gasteiger partial charge in [-0.25, -0.2) is 44.3 Å². The van der Waals surface area contributed by atoms with Crippen molar-refractivity contribution in [1.82, 2.24) is 74.8 Å². The second kappa shape index (κ2) is 41.6. The van der Waals surface area contributed by atoms with Crippen molar-refractivity contribution in [1.29, 1.82) is 0 Å². The number of unbranched alkanes of at least 4 members (excludes halogenated alkanes) is 3. The van der Waals surface area contributed by atoms with Gasteiger partial charge in [-0.05, 0) is 136 Å². The molecule has 0 unspecified atom stereocenters. The number of rotatable bonds is 32. The summed E-state index contributed by atoms with van der Waals surface area (Å²) in [7, 11) is 0. The number of ketones is 2. The maximum Gasteiger partial charge on any atom is 0.222 e. The molecule has 0 saturated heterocycles. The fourth-order valence-corrected chi connectivity index (χ4v) is 11.9. The SMILES string of the molecule is CCCC[C@H](CC)Nc1nc(N)nc2cc(O)cnc12.CCCC[C@](C)(CCC(C)=O)Nc1nc(N)nc2cc(C)cnc12.CCCC[C@](C)(CCC(C)=O)Nc1nc(N)nc2cc(Cl)cnc12.CCC[C@@H](CC)Nc1nc(N)nc2cc(F)c(C)nc12.CCC[C@@H](CO)Nc1nc(N)nc2cc(C)cnc12. The van der Waals surface area contributed by atoms with E-state index < -0.39 is 0 Å². The van der Waals surface area contributed by atoms with Gasteiger partial charge in [0.1, 0.15) is 56.2 Å². The summed E-state index contributed by atoms with van der Waals surface area (Å²) in [4.78, 5) is 86.5. The Bertz CT molecular complexity index is 4420. The number of nitrogens with two attached hydrogens (primary N) is 5. The fourth-order valence-electron chi connectivity index (χ4n) is 11.7. The maximum atomic E-state index is 13.6. The zero-order chi connectivity index (χ0) is 78.5. The molecule has 10 heterocycles. The number of nitrogens with zero attached hydrogens (tertiary/aromatic N) is 15. The lowest BCUT2D eigenvalue weighted by molar-refractivity contribution is -0.118. The zero-order valence-electron chi connectivity index (χ0n) is 64.6. The molecule has 0 amide bonds. The summed E-state index contributed by atoms with van der Waals surface area (Å²) in [5.74, 6) is 3.96. The summed E-state index contributed by atoms with van der Waals surface area (Å²) >= 11 is 5.99. The minimum Gasteiger partial charge on any atom is -0.506 e. The van der Waals surface area contributed by atoms with Crippen LogP contribution in [-0.4, -0.2) is 132 Å². The normalized spacial score (nSPS) is 13.1. The van der Waals surface area contributed by atoms with Crippen molar-refractivity contribution in [2.24, 2.45) is 0 Å². The van der Waals surface area contributed by atoms with Crippen LogP contribution in [0.5, 0.6) is 5.75 Å². The predicted octanol–water partition coefficient (Wildman–Crippen LogP) is 14.9. The van der Waals surface area contributed by atoms with Crippen LogP contribution in [0.15, 0.2) is 55.1 Å². The lowest BCUT2D eigenvalue weighted by atomic mass is 9.89. The number of Topliss-reactive ketones (excluding diaryl/α,β-unsaturated/α-hetero) is 2. The van der Waals surface area contributed by atoms with Gasteiger partial charge in [-0.3, -0.25) is 9.97 Å². The van der Waals surface area contributed by atoms with Gasteiger partial charge in [0.25, 0.3) is 0 Å². The number of pyridine rings is 5. The first-order valence-electron chi connectivity index (χ1n) is 37.0. The van der Waals surface area contributed by atoms with Gasteiger partial charge in [0, 0.05) is 66.7 Å². The minimum absolute atomic E-state index is 0.0467. The van der Waals surface area contributed by atoms with Crippen molar-refractivity contribution in [2.45, 2.75) is 248 Å². The topological polar surface area (TPSA) is 458 Å². The van der Waals surface area contributed by atoms with Crippen LogP contribution in [0.1, 0.15) is 215 Å². The minimum atomic E-state index is -0.387. The summed E-state index contributed by atoms with van der Waals surface area (Å²) < 4.78 is 13.6. The van der Waals surface area contributed by atoms with Gasteiger partial charge in [-0.15, -0.1) is 0 Å². The standard InChI is InChI=1S/C18H27N5O.C17H24ClN5O.C14H20FN5.C14H21N5O.C13H19N5O/c1-5-6-8-18(4,9-7-13(3)24)23-16-15-14(21-17(19)22-16)10-12(2)11-20-15;1-4-5-7-17(3,8-6-11(2)24)23-15-14-13(21-16(19)22-15)9-12(18)10-20-14;1-4-6-9(5-2)18-13-12-11(19-14(16)20-13)7-10(15)8(3)17-12;1-3-5-6-9(4-2)17-13-12-11(18-14(15)19-13)7-10(20)8-16-12;1-3-4-9(7-19)16-12-11-10(17-13(14)18-12)5-8(2)6-15-11/h10-11H,5-9H2,1-4H3,(H3,19,21,22,23);9-10H,4-8H2,1-3H3,(H3,19,21,22,23);7,9H,4-6H2,1-3H3,(H3,16,18,19,20);7-9,20H,3-6H2,1-2H3,(H3,15,17,18,19);5-6,9,19H,3-4,7H2,1-2H3,(H3,14,16,17,18)/t18-;17-;3*9-/m11100/s1. The smallest absolute Gasteiger partial charge is 0.222 e. The third-order valence-electron chi connectivity index (χ3n) is 17.7. The zero-order valence-corrected chi connectivity index (χ0v) is 65.4. The molecular weight excluding hydrogens is 1380 g/mol. The van der Waals surface area contributed by atoms with Crippen molar-refractivity contribution in [3.63, 3.8) is 0 Å². The first-order chi connectivity index (χ1) is 51.0. The highest BCUT2D eigenvalue weighted by Crippen LogP contribution is 2.33. The van der Waals surface area contributed by atoms with Crippen molar-refractivity contribution in [2.75, 3.05) is 61.9 Å². The predicted molar refractivity (Wildman–Crippen MR) is 432 cm³/mol. The molecule has 0 spiro atoms. The van der Waals surface area contributed by atoms with Crippen LogP contribution in [0, 0.1) is 26.6 Å². The molecule has 0 aliphatic rings. The van der Waals surface area contributed by atoms with E-state index in [1.54, 1.807) is 51.5 Å². The third-order valence-corrected chi connectivity index (χ3v) is 17.9. The molecule has 0 fully saturated rings. The van der Waals surface area contributed by atoms with Crippen molar-refractivity contribution >= 4 is 137 Å². The molecule has 0 saturated carbocycles. The Labute approximate surface area is 631 Å². The average molecular weight is 1490 g/mol. The Kier molecular flexibility index (Phi) is 33.3. The molecule has 0 radical (unpaired) electrons. The van der Waals surface area contributed by atoms with Gasteiger partial charge in [0.15, 0.2) is 29.1 Å². The Morgan fingerprint density at radius 2 is 0.822 bits per heavy atom. The molecule has 29 nitrogen and oxygen atoms in total. The maximum absolute atomic E-state index is 13.6. The van der Waals surface area contributed by atoms with Gasteiger partial charge in [-0.1, -0.05) is 111 Å². The quantitative estimate of drug-likeness (QED) is 0.0186. The van der Waals surface area contributed by atoms with E-state index in [2.05, 4.69) is 164 Å². The largest absolute Gasteiger partial charge is 0.506 e. The van der Waals surface area contributed by atoms with Crippen molar-refractivity contribution in [3.05, 3.63) is 82.8 Å².